The fourth-order valence-electron chi connectivity index (χ4n) is 9.27. The third-order valence-electron chi connectivity index (χ3n) is 14.0. The number of amides is 1. The molecule has 0 rings (SSSR count). The average Bonchev–Trinajstić information content (AvgIpc) is 3.30. The SMILES string of the molecule is CCCCCCCCCCCCCCCCCCC/C=C/C(O)C(COP(=O)([O-])OCC[N+](C)(C)C)NC(=O)CCCCCCCCCCCCCCCCCCCCCCCCCCCCC. The van der Waals surface area contributed by atoms with Crippen molar-refractivity contribution >= 4 is 13.7 Å². The first-order chi connectivity index (χ1) is 33.0. The summed E-state index contributed by atoms with van der Waals surface area (Å²) in [4.78, 5) is 25.5. The van der Waals surface area contributed by atoms with Crippen molar-refractivity contribution in [2.24, 2.45) is 0 Å². The number of unbranched alkanes of at least 4 members (excludes halogenated alkanes) is 43. The number of nitrogens with zero attached hydrogens (tertiary/aromatic N) is 1. The summed E-state index contributed by atoms with van der Waals surface area (Å²) < 4.78 is 23.4. The smallest absolute Gasteiger partial charge is 0.268 e. The maximum Gasteiger partial charge on any atom is 0.268 e. The zero-order valence-corrected chi connectivity index (χ0v) is 47.2. The molecule has 0 aromatic heterocycles. The van der Waals surface area contributed by atoms with Gasteiger partial charge in [0.25, 0.3) is 7.82 Å². The highest BCUT2D eigenvalue weighted by molar-refractivity contribution is 7.45. The summed E-state index contributed by atoms with van der Waals surface area (Å²) in [5, 5.41) is 13.9. The molecule has 0 aliphatic rings. The number of allylic oxidation sites excluding steroid dienone is 1. The summed E-state index contributed by atoms with van der Waals surface area (Å²) in [7, 11) is 1.28. The first kappa shape index (κ1) is 67.2. The van der Waals surface area contributed by atoms with Crippen LogP contribution in [0.15, 0.2) is 12.2 Å². The Morgan fingerprint density at radius 2 is 0.794 bits per heavy atom. The molecule has 3 unspecified atom stereocenters. The van der Waals surface area contributed by atoms with Crippen molar-refractivity contribution in [3.05, 3.63) is 12.2 Å². The molecule has 0 aromatic rings. The van der Waals surface area contributed by atoms with Crippen LogP contribution < -0.4 is 10.2 Å². The standard InChI is InChI=1S/C59H119N2O6P/c1-6-8-10-12-14-16-18-20-22-24-26-27-28-29-30-31-32-33-35-37-39-41-43-45-47-49-51-53-59(63)60-57(56-67-68(64,65)66-55-54-61(3,4)5)58(62)52-50-48-46-44-42-40-38-36-34-25-23-21-19-17-15-13-11-9-7-2/h50,52,57-58,62H,6-49,51,53-56H2,1-5H3,(H-,60,63,64,65)/b52-50+. The predicted octanol–water partition coefficient (Wildman–Crippen LogP) is 17.6. The molecular weight excluding hydrogens is 864 g/mol. The lowest BCUT2D eigenvalue weighted by atomic mass is 10.0. The number of rotatable bonds is 56. The van der Waals surface area contributed by atoms with E-state index in [0.29, 0.717) is 17.4 Å². The van der Waals surface area contributed by atoms with E-state index in [4.69, 9.17) is 9.05 Å². The second kappa shape index (κ2) is 51.2. The Balaban J connectivity index is 4.11. The fraction of sp³-hybridized carbons (Fsp3) is 0.949. The van der Waals surface area contributed by atoms with Crippen molar-refractivity contribution in [2.75, 3.05) is 40.9 Å². The summed E-state index contributed by atoms with van der Waals surface area (Å²) in [5.41, 5.74) is 0. The number of likely N-dealkylation sites (N-methyl/N-ethyl adjacent to an activating group) is 1. The quantitative estimate of drug-likeness (QED) is 0.0272. The summed E-state index contributed by atoms with van der Waals surface area (Å²) in [6.07, 6.45) is 62.9. The molecule has 3 atom stereocenters. The molecule has 0 radical (unpaired) electrons. The Kier molecular flexibility index (Phi) is 50.6. The Morgan fingerprint density at radius 3 is 1.10 bits per heavy atom. The van der Waals surface area contributed by atoms with Gasteiger partial charge in [-0.25, -0.2) is 0 Å². The Bertz CT molecular complexity index is 1120. The van der Waals surface area contributed by atoms with Crippen LogP contribution in [0.1, 0.15) is 309 Å². The molecule has 9 heteroatoms. The van der Waals surface area contributed by atoms with Crippen LogP contribution in [-0.4, -0.2) is 68.5 Å². The van der Waals surface area contributed by atoms with E-state index >= 15 is 0 Å². The Hall–Kier alpha value is -0.760. The molecule has 0 aliphatic heterocycles. The van der Waals surface area contributed by atoms with Gasteiger partial charge in [0.15, 0.2) is 0 Å². The van der Waals surface area contributed by atoms with Crippen molar-refractivity contribution in [1.29, 1.82) is 0 Å². The first-order valence-electron chi connectivity index (χ1n) is 30.1. The molecule has 68 heavy (non-hydrogen) atoms. The predicted molar refractivity (Wildman–Crippen MR) is 293 cm³/mol. The summed E-state index contributed by atoms with van der Waals surface area (Å²) >= 11 is 0. The monoisotopic (exact) mass is 983 g/mol. The van der Waals surface area contributed by atoms with Crippen LogP contribution >= 0.6 is 7.82 Å². The summed E-state index contributed by atoms with van der Waals surface area (Å²) in [6.45, 7) is 4.70. The minimum atomic E-state index is -4.59. The molecule has 0 bridgehead atoms. The van der Waals surface area contributed by atoms with Crippen molar-refractivity contribution < 1.29 is 32.9 Å². The molecule has 406 valence electrons. The van der Waals surface area contributed by atoms with Crippen molar-refractivity contribution in [3.8, 4) is 0 Å². The molecular formula is C59H119N2O6P. The molecule has 0 heterocycles. The van der Waals surface area contributed by atoms with Gasteiger partial charge in [0.2, 0.25) is 5.91 Å². The van der Waals surface area contributed by atoms with Crippen LogP contribution in [0.4, 0.5) is 0 Å². The molecule has 0 fully saturated rings. The van der Waals surface area contributed by atoms with Crippen LogP contribution in [-0.2, 0) is 18.4 Å². The van der Waals surface area contributed by atoms with E-state index in [1.165, 1.54) is 250 Å². The van der Waals surface area contributed by atoms with E-state index in [0.717, 1.165) is 38.5 Å². The zero-order chi connectivity index (χ0) is 49.9. The number of nitrogens with one attached hydrogen (secondary N) is 1. The molecule has 0 aromatic carbocycles. The second-order valence-corrected chi connectivity index (χ2v) is 23.5. The van der Waals surface area contributed by atoms with Crippen molar-refractivity contribution in [1.82, 2.24) is 5.32 Å². The van der Waals surface area contributed by atoms with Crippen LogP contribution in [0.2, 0.25) is 0 Å². The number of hydrogen-bond acceptors (Lipinski definition) is 6. The Morgan fingerprint density at radius 1 is 0.500 bits per heavy atom. The molecule has 2 N–H and O–H groups in total. The van der Waals surface area contributed by atoms with Crippen molar-refractivity contribution in [3.63, 3.8) is 0 Å². The van der Waals surface area contributed by atoms with E-state index in [9.17, 15) is 19.4 Å². The first-order valence-corrected chi connectivity index (χ1v) is 31.5. The molecule has 8 nitrogen and oxygen atoms in total. The maximum absolute atomic E-state index is 13.0. The van der Waals surface area contributed by atoms with Crippen LogP contribution in [0.25, 0.3) is 0 Å². The van der Waals surface area contributed by atoms with Gasteiger partial charge in [-0.1, -0.05) is 296 Å². The maximum atomic E-state index is 13.0. The number of carbonyl (C=O) groups excluding carboxylic acids is 1. The second-order valence-electron chi connectivity index (χ2n) is 22.1. The van der Waals surface area contributed by atoms with Crippen LogP contribution in [0, 0.1) is 0 Å². The van der Waals surface area contributed by atoms with Gasteiger partial charge in [0.05, 0.1) is 39.9 Å². The van der Waals surface area contributed by atoms with Gasteiger partial charge in [0.1, 0.15) is 13.2 Å². The summed E-state index contributed by atoms with van der Waals surface area (Å²) in [5.74, 6) is -0.189. The lowest BCUT2D eigenvalue weighted by Crippen LogP contribution is -2.45. The highest BCUT2D eigenvalue weighted by Gasteiger charge is 2.23. The minimum Gasteiger partial charge on any atom is -0.756 e. The van der Waals surface area contributed by atoms with Gasteiger partial charge in [-0.05, 0) is 19.3 Å². The van der Waals surface area contributed by atoms with Gasteiger partial charge >= 0.3 is 0 Å². The Labute approximate surface area is 424 Å². The minimum absolute atomic E-state index is 0.00273. The number of carbonyl (C=O) groups is 1. The van der Waals surface area contributed by atoms with E-state index in [1.54, 1.807) is 6.08 Å². The molecule has 0 spiro atoms. The fourth-order valence-corrected chi connectivity index (χ4v) is 10.00. The van der Waals surface area contributed by atoms with E-state index in [2.05, 4.69) is 19.2 Å². The lowest BCUT2D eigenvalue weighted by Gasteiger charge is -2.29. The number of hydrogen-bond donors (Lipinski definition) is 2. The highest BCUT2D eigenvalue weighted by Crippen LogP contribution is 2.38. The van der Waals surface area contributed by atoms with Gasteiger partial charge in [0, 0.05) is 6.42 Å². The third kappa shape index (κ3) is 53.0. The lowest BCUT2D eigenvalue weighted by molar-refractivity contribution is -0.870. The molecule has 1 amide bonds. The van der Waals surface area contributed by atoms with E-state index in [1.807, 2.05) is 27.2 Å². The molecule has 0 aliphatic carbocycles. The molecule has 0 saturated carbocycles. The molecule has 0 saturated heterocycles. The highest BCUT2D eigenvalue weighted by atomic mass is 31.2. The number of phosphoric acid groups is 1. The van der Waals surface area contributed by atoms with E-state index < -0.39 is 20.0 Å². The average molecular weight is 984 g/mol. The van der Waals surface area contributed by atoms with Gasteiger partial charge < -0.3 is 28.8 Å². The van der Waals surface area contributed by atoms with Crippen molar-refractivity contribution in [2.45, 2.75) is 321 Å². The summed E-state index contributed by atoms with van der Waals surface area (Å²) in [6, 6.07) is -0.882. The number of phosphoric ester groups is 1. The number of aliphatic hydroxyl groups is 1. The number of aliphatic hydroxyl groups excluding tert-OH is 1. The van der Waals surface area contributed by atoms with Gasteiger partial charge in [-0.15, -0.1) is 0 Å². The topological polar surface area (TPSA) is 108 Å². The zero-order valence-electron chi connectivity index (χ0n) is 46.3. The van der Waals surface area contributed by atoms with Gasteiger partial charge in [-0.3, -0.25) is 9.36 Å². The van der Waals surface area contributed by atoms with E-state index in [-0.39, 0.29) is 19.1 Å². The van der Waals surface area contributed by atoms with Gasteiger partial charge in [-0.2, -0.15) is 0 Å². The normalized spacial score (nSPS) is 13.9. The largest absolute Gasteiger partial charge is 0.756 e. The van der Waals surface area contributed by atoms with Crippen LogP contribution in [0.3, 0.4) is 0 Å². The third-order valence-corrected chi connectivity index (χ3v) is 15.0. The number of quaternary nitrogens is 1. The van der Waals surface area contributed by atoms with Crippen LogP contribution in [0.5, 0.6) is 0 Å².